The predicted octanol–water partition coefficient (Wildman–Crippen LogP) is 3.67. The molecule has 1 amide bonds. The van der Waals surface area contributed by atoms with Crippen molar-refractivity contribution in [1.82, 2.24) is 9.88 Å². The molecule has 1 fully saturated rings. The molecule has 0 spiro atoms. The highest BCUT2D eigenvalue weighted by Gasteiger charge is 2.38. The van der Waals surface area contributed by atoms with Crippen molar-refractivity contribution in [3.63, 3.8) is 0 Å². The second kappa shape index (κ2) is 8.61. The van der Waals surface area contributed by atoms with Crippen LogP contribution in [-0.4, -0.2) is 58.3 Å². The van der Waals surface area contributed by atoms with E-state index in [0.29, 0.717) is 47.7 Å². The summed E-state index contributed by atoms with van der Waals surface area (Å²) in [4.78, 5) is 37.2. The number of halogens is 1. The molecule has 3 heterocycles. The molecule has 0 atom stereocenters. The topological polar surface area (TPSA) is 86.1 Å². The van der Waals surface area contributed by atoms with E-state index in [1.54, 1.807) is 6.92 Å². The average molecular weight is 425 g/mol. The number of nitrogens with zero attached hydrogens (tertiary/aromatic N) is 4. The van der Waals surface area contributed by atoms with Gasteiger partial charge >= 0.3 is 5.97 Å². The Hall–Kier alpha value is -1.93. The fourth-order valence-corrected chi connectivity index (χ4v) is 4.60. The van der Waals surface area contributed by atoms with Gasteiger partial charge in [0.1, 0.15) is 15.7 Å². The van der Waals surface area contributed by atoms with Crippen LogP contribution in [0.1, 0.15) is 54.9 Å². The number of anilines is 1. The third-order valence-electron chi connectivity index (χ3n) is 5.15. The number of aromatic nitrogens is 1. The maximum absolute atomic E-state index is 13.1. The quantitative estimate of drug-likeness (QED) is 0.643. The number of hydrogen-bond donors (Lipinski definition) is 1. The minimum absolute atomic E-state index is 0.0405. The van der Waals surface area contributed by atoms with Gasteiger partial charge in [0.25, 0.3) is 5.91 Å². The number of carboxylic acids is 1. The van der Waals surface area contributed by atoms with Gasteiger partial charge in [-0.1, -0.05) is 43.2 Å². The molecule has 0 radical (unpaired) electrons. The highest BCUT2D eigenvalue weighted by molar-refractivity contribution is 7.17. The molecule has 0 saturated carbocycles. The van der Waals surface area contributed by atoms with Crippen LogP contribution in [0.5, 0.6) is 0 Å². The molecule has 1 aromatic rings. The lowest BCUT2D eigenvalue weighted by atomic mass is 10.0. The minimum atomic E-state index is -0.951. The molecule has 0 aliphatic carbocycles. The van der Waals surface area contributed by atoms with Gasteiger partial charge in [-0.3, -0.25) is 4.79 Å². The summed E-state index contributed by atoms with van der Waals surface area (Å²) >= 11 is 7.34. The average Bonchev–Trinajstić information content (AvgIpc) is 3.18. The smallest absolute Gasteiger partial charge is 0.347 e. The van der Waals surface area contributed by atoms with E-state index >= 15 is 0 Å². The molecule has 2 aliphatic rings. The van der Waals surface area contributed by atoms with Gasteiger partial charge < -0.3 is 14.9 Å². The van der Waals surface area contributed by atoms with Crippen molar-refractivity contribution >= 4 is 45.7 Å². The Balaban J connectivity index is 1.67. The maximum atomic E-state index is 13.1. The standard InChI is InChI=1S/C19H25ClN4O3S/c1-4-6-7-24(17(25)14-8-12(5-2)16(20)22-14)13-9-23(10-13)19-21-11(3)15(28-19)18(26)27/h13H,4-10H2,1-3H3,(H,26,27). The van der Waals surface area contributed by atoms with E-state index in [2.05, 4.69) is 16.9 Å². The highest BCUT2D eigenvalue weighted by Crippen LogP contribution is 2.32. The molecule has 1 aromatic heterocycles. The first-order chi connectivity index (χ1) is 13.3. The van der Waals surface area contributed by atoms with Gasteiger partial charge in [0.15, 0.2) is 5.13 Å². The van der Waals surface area contributed by atoms with Crippen LogP contribution in [-0.2, 0) is 4.79 Å². The Morgan fingerprint density at radius 1 is 1.36 bits per heavy atom. The van der Waals surface area contributed by atoms with Crippen molar-refractivity contribution < 1.29 is 14.7 Å². The van der Waals surface area contributed by atoms with Crippen LogP contribution in [0.3, 0.4) is 0 Å². The van der Waals surface area contributed by atoms with Gasteiger partial charge in [0, 0.05) is 26.1 Å². The number of amides is 1. The van der Waals surface area contributed by atoms with Gasteiger partial charge in [-0.25, -0.2) is 14.8 Å². The zero-order valence-electron chi connectivity index (χ0n) is 16.4. The van der Waals surface area contributed by atoms with Gasteiger partial charge in [0.2, 0.25) is 0 Å². The first kappa shape index (κ1) is 20.8. The predicted molar refractivity (Wildman–Crippen MR) is 112 cm³/mol. The lowest BCUT2D eigenvalue weighted by Gasteiger charge is -2.45. The fourth-order valence-electron chi connectivity index (χ4n) is 3.38. The van der Waals surface area contributed by atoms with E-state index in [-0.39, 0.29) is 16.8 Å². The Bertz CT molecular complexity index is 842. The first-order valence-electron chi connectivity index (χ1n) is 9.57. The van der Waals surface area contributed by atoms with Crippen molar-refractivity contribution in [1.29, 1.82) is 0 Å². The van der Waals surface area contributed by atoms with E-state index in [0.717, 1.165) is 24.8 Å². The van der Waals surface area contributed by atoms with Crippen molar-refractivity contribution in [2.45, 2.75) is 52.5 Å². The van der Waals surface area contributed by atoms with E-state index < -0.39 is 5.97 Å². The third-order valence-corrected chi connectivity index (χ3v) is 6.70. The molecular formula is C19H25ClN4O3S. The van der Waals surface area contributed by atoms with Crippen LogP contribution in [0.15, 0.2) is 15.7 Å². The van der Waals surface area contributed by atoms with Crippen LogP contribution < -0.4 is 4.90 Å². The Morgan fingerprint density at radius 2 is 2.07 bits per heavy atom. The molecule has 3 rings (SSSR count). The van der Waals surface area contributed by atoms with E-state index in [1.807, 2.05) is 16.7 Å². The SMILES string of the molecule is CCCCN(C(=O)C1=NC(Cl)=C(CC)C1)C1CN(c2nc(C)c(C(=O)O)s2)C1. The summed E-state index contributed by atoms with van der Waals surface area (Å²) in [6.45, 7) is 7.80. The lowest BCUT2D eigenvalue weighted by Crippen LogP contribution is -2.62. The van der Waals surface area contributed by atoms with Crippen molar-refractivity contribution in [3.8, 4) is 0 Å². The molecule has 152 valence electrons. The molecule has 1 N–H and O–H groups in total. The van der Waals surface area contributed by atoms with Gasteiger partial charge in [-0.2, -0.15) is 0 Å². The van der Waals surface area contributed by atoms with Crippen molar-refractivity contribution in [2.24, 2.45) is 4.99 Å². The molecule has 28 heavy (non-hydrogen) atoms. The largest absolute Gasteiger partial charge is 0.477 e. The number of allylic oxidation sites excluding steroid dienone is 1. The Labute approximate surface area is 173 Å². The molecule has 1 saturated heterocycles. The summed E-state index contributed by atoms with van der Waals surface area (Å²) in [5, 5.41) is 10.4. The molecular weight excluding hydrogens is 400 g/mol. The summed E-state index contributed by atoms with van der Waals surface area (Å²) in [7, 11) is 0. The molecule has 0 aromatic carbocycles. The monoisotopic (exact) mass is 424 g/mol. The van der Waals surface area contributed by atoms with Crippen molar-refractivity contribution in [3.05, 3.63) is 21.3 Å². The Kier molecular flexibility index (Phi) is 6.40. The number of aromatic carboxylic acids is 1. The van der Waals surface area contributed by atoms with Gasteiger partial charge in [0.05, 0.1) is 11.7 Å². The number of carbonyl (C=O) groups is 2. The van der Waals surface area contributed by atoms with Crippen LogP contribution in [0.2, 0.25) is 0 Å². The number of aliphatic imine (C=N–C) groups is 1. The fraction of sp³-hybridized carbons (Fsp3) is 0.579. The molecule has 0 unspecified atom stereocenters. The van der Waals surface area contributed by atoms with Crippen LogP contribution in [0, 0.1) is 6.92 Å². The van der Waals surface area contributed by atoms with Crippen LogP contribution >= 0.6 is 22.9 Å². The summed E-state index contributed by atoms with van der Waals surface area (Å²) in [6.07, 6.45) is 3.25. The second-order valence-corrected chi connectivity index (χ2v) is 8.45. The number of rotatable bonds is 8. The zero-order valence-corrected chi connectivity index (χ0v) is 17.9. The van der Waals surface area contributed by atoms with E-state index in [1.165, 1.54) is 11.3 Å². The lowest BCUT2D eigenvalue weighted by molar-refractivity contribution is -0.127. The summed E-state index contributed by atoms with van der Waals surface area (Å²) in [6, 6.07) is 0.0729. The molecule has 0 bridgehead atoms. The minimum Gasteiger partial charge on any atom is -0.477 e. The summed E-state index contributed by atoms with van der Waals surface area (Å²) < 4.78 is 0. The first-order valence-corrected chi connectivity index (χ1v) is 10.8. The van der Waals surface area contributed by atoms with Gasteiger partial charge in [-0.05, 0) is 25.3 Å². The highest BCUT2D eigenvalue weighted by atomic mass is 35.5. The summed E-state index contributed by atoms with van der Waals surface area (Å²) in [5.74, 6) is -0.991. The number of aryl methyl sites for hydroxylation is 1. The number of hydrogen-bond acceptors (Lipinski definition) is 6. The molecule has 9 heteroatoms. The van der Waals surface area contributed by atoms with Gasteiger partial charge in [-0.15, -0.1) is 0 Å². The number of carbonyl (C=O) groups excluding carboxylic acids is 1. The second-order valence-electron chi connectivity index (χ2n) is 7.11. The van der Waals surface area contributed by atoms with E-state index in [9.17, 15) is 14.7 Å². The van der Waals surface area contributed by atoms with Crippen molar-refractivity contribution in [2.75, 3.05) is 24.5 Å². The Morgan fingerprint density at radius 3 is 2.61 bits per heavy atom. The third kappa shape index (κ3) is 4.07. The maximum Gasteiger partial charge on any atom is 0.347 e. The number of thiazole rings is 1. The number of carboxylic acid groups (broad SMARTS) is 1. The number of unbranched alkanes of at least 4 members (excludes halogenated alkanes) is 1. The normalized spacial score (nSPS) is 17.0. The van der Waals surface area contributed by atoms with Crippen LogP contribution in [0.4, 0.5) is 5.13 Å². The zero-order chi connectivity index (χ0) is 20.4. The summed E-state index contributed by atoms with van der Waals surface area (Å²) in [5.41, 5.74) is 2.06. The molecule has 2 aliphatic heterocycles. The van der Waals surface area contributed by atoms with E-state index in [4.69, 9.17) is 11.6 Å². The molecule has 7 nitrogen and oxygen atoms in total. The van der Waals surface area contributed by atoms with Crippen LogP contribution in [0.25, 0.3) is 0 Å².